The van der Waals surface area contributed by atoms with Crippen LogP contribution in [0.25, 0.3) is 0 Å². The Labute approximate surface area is 106 Å². The van der Waals surface area contributed by atoms with Gasteiger partial charge < -0.3 is 0 Å². The van der Waals surface area contributed by atoms with E-state index in [0.29, 0.717) is 13.0 Å². The van der Waals surface area contributed by atoms with Gasteiger partial charge in [-0.1, -0.05) is 58.8 Å². The van der Waals surface area contributed by atoms with Gasteiger partial charge in [-0.05, 0) is 12.8 Å². The SMILES string of the molecule is CCCCCCCOOC(=O)CCCCCC. The molecule has 0 N–H and O–H groups in total. The molecule has 0 rings (SSSR count). The molecule has 0 aliphatic carbocycles. The first-order valence-electron chi connectivity index (χ1n) is 7.13. The van der Waals surface area contributed by atoms with Crippen molar-refractivity contribution in [2.75, 3.05) is 6.61 Å². The molecule has 0 bridgehead atoms. The van der Waals surface area contributed by atoms with E-state index >= 15 is 0 Å². The molecular formula is C14H28O3. The zero-order valence-electron chi connectivity index (χ0n) is 11.5. The minimum atomic E-state index is -0.227. The average molecular weight is 244 g/mol. The number of unbranched alkanes of at least 4 members (excludes halogenated alkanes) is 7. The van der Waals surface area contributed by atoms with Crippen molar-refractivity contribution in [1.82, 2.24) is 0 Å². The monoisotopic (exact) mass is 244 g/mol. The fraction of sp³-hybridized carbons (Fsp3) is 0.929. The molecule has 0 aromatic rings. The van der Waals surface area contributed by atoms with Gasteiger partial charge in [0.2, 0.25) is 0 Å². The maximum atomic E-state index is 11.2. The van der Waals surface area contributed by atoms with Gasteiger partial charge in [-0.25, -0.2) is 4.79 Å². The first-order valence-corrected chi connectivity index (χ1v) is 7.13. The number of hydrogen-bond donors (Lipinski definition) is 0. The van der Waals surface area contributed by atoms with Gasteiger partial charge in [-0.15, -0.1) is 0 Å². The highest BCUT2D eigenvalue weighted by atomic mass is 17.2. The highest BCUT2D eigenvalue weighted by Gasteiger charge is 2.03. The molecule has 0 aromatic carbocycles. The summed E-state index contributed by atoms with van der Waals surface area (Å²) in [5, 5.41) is 0. The topological polar surface area (TPSA) is 35.5 Å². The van der Waals surface area contributed by atoms with Gasteiger partial charge in [0.05, 0.1) is 6.61 Å². The number of rotatable bonds is 12. The lowest BCUT2D eigenvalue weighted by Gasteiger charge is -2.03. The predicted octanol–water partition coefficient (Wildman–Crippen LogP) is 4.40. The van der Waals surface area contributed by atoms with Crippen LogP contribution in [0.3, 0.4) is 0 Å². The zero-order chi connectivity index (χ0) is 12.8. The van der Waals surface area contributed by atoms with E-state index in [1.54, 1.807) is 0 Å². The van der Waals surface area contributed by atoms with Crippen molar-refractivity contribution in [1.29, 1.82) is 0 Å². The molecule has 0 aliphatic heterocycles. The minimum Gasteiger partial charge on any atom is -0.298 e. The van der Waals surface area contributed by atoms with Crippen molar-refractivity contribution in [3.63, 3.8) is 0 Å². The van der Waals surface area contributed by atoms with Gasteiger partial charge in [-0.3, -0.25) is 4.89 Å². The molecule has 102 valence electrons. The van der Waals surface area contributed by atoms with E-state index in [4.69, 9.17) is 4.89 Å². The third-order valence-corrected chi connectivity index (χ3v) is 2.72. The second-order valence-electron chi connectivity index (χ2n) is 4.50. The van der Waals surface area contributed by atoms with Crippen molar-refractivity contribution in [2.45, 2.75) is 78.1 Å². The summed E-state index contributed by atoms with van der Waals surface area (Å²) in [6.07, 6.45) is 10.8. The largest absolute Gasteiger partial charge is 0.342 e. The van der Waals surface area contributed by atoms with Crippen LogP contribution >= 0.6 is 0 Å². The van der Waals surface area contributed by atoms with Crippen LogP contribution in [0.2, 0.25) is 0 Å². The standard InChI is InChI=1S/C14H28O3/c1-3-5-7-9-11-13-16-17-14(15)12-10-8-6-4-2/h3-13H2,1-2H3. The van der Waals surface area contributed by atoms with Crippen molar-refractivity contribution in [2.24, 2.45) is 0 Å². The summed E-state index contributed by atoms with van der Waals surface area (Å²) in [6.45, 7) is 4.88. The van der Waals surface area contributed by atoms with Crippen LogP contribution in [-0.4, -0.2) is 12.6 Å². The summed E-state index contributed by atoms with van der Waals surface area (Å²) >= 11 is 0. The third-order valence-electron chi connectivity index (χ3n) is 2.72. The van der Waals surface area contributed by atoms with Gasteiger partial charge in [0.1, 0.15) is 0 Å². The van der Waals surface area contributed by atoms with Crippen molar-refractivity contribution in [3.05, 3.63) is 0 Å². The second kappa shape index (κ2) is 13.5. The molecule has 0 saturated carbocycles. The van der Waals surface area contributed by atoms with E-state index in [9.17, 15) is 4.79 Å². The lowest BCUT2D eigenvalue weighted by molar-refractivity contribution is -0.272. The third kappa shape index (κ3) is 13.4. The summed E-state index contributed by atoms with van der Waals surface area (Å²) in [5.41, 5.74) is 0. The molecule has 3 heteroatoms. The summed E-state index contributed by atoms with van der Waals surface area (Å²) in [4.78, 5) is 20.8. The quantitative estimate of drug-likeness (QED) is 0.290. The van der Waals surface area contributed by atoms with E-state index in [0.717, 1.165) is 25.7 Å². The molecule has 0 aliphatic rings. The van der Waals surface area contributed by atoms with Gasteiger partial charge in [0, 0.05) is 6.42 Å². The predicted molar refractivity (Wildman–Crippen MR) is 69.6 cm³/mol. The summed E-state index contributed by atoms with van der Waals surface area (Å²) < 4.78 is 0. The summed E-state index contributed by atoms with van der Waals surface area (Å²) in [6, 6.07) is 0. The van der Waals surface area contributed by atoms with Crippen molar-refractivity contribution >= 4 is 5.97 Å². The van der Waals surface area contributed by atoms with Crippen molar-refractivity contribution in [3.8, 4) is 0 Å². The molecule has 17 heavy (non-hydrogen) atoms. The van der Waals surface area contributed by atoms with Crippen LogP contribution in [0.5, 0.6) is 0 Å². The molecule has 0 radical (unpaired) electrons. The molecule has 0 heterocycles. The van der Waals surface area contributed by atoms with Crippen LogP contribution in [0, 0.1) is 0 Å². The molecular weight excluding hydrogens is 216 g/mol. The number of carbonyl (C=O) groups excluding carboxylic acids is 1. The van der Waals surface area contributed by atoms with Crippen molar-refractivity contribution < 1.29 is 14.6 Å². The van der Waals surface area contributed by atoms with Gasteiger partial charge in [0.25, 0.3) is 0 Å². The van der Waals surface area contributed by atoms with E-state index < -0.39 is 0 Å². The van der Waals surface area contributed by atoms with Gasteiger partial charge >= 0.3 is 5.97 Å². The van der Waals surface area contributed by atoms with Crippen LogP contribution in [0.1, 0.15) is 78.1 Å². The van der Waals surface area contributed by atoms with E-state index in [1.807, 2.05) is 0 Å². The zero-order valence-corrected chi connectivity index (χ0v) is 11.5. The van der Waals surface area contributed by atoms with Crippen LogP contribution in [0.15, 0.2) is 0 Å². The van der Waals surface area contributed by atoms with E-state index in [-0.39, 0.29) is 5.97 Å². The van der Waals surface area contributed by atoms with E-state index in [1.165, 1.54) is 32.1 Å². The van der Waals surface area contributed by atoms with Gasteiger partial charge in [-0.2, -0.15) is 4.89 Å². The Morgan fingerprint density at radius 3 is 2.06 bits per heavy atom. The fourth-order valence-corrected chi connectivity index (χ4v) is 1.61. The summed E-state index contributed by atoms with van der Waals surface area (Å²) in [7, 11) is 0. The molecule has 0 fully saturated rings. The lowest BCUT2D eigenvalue weighted by Crippen LogP contribution is -2.06. The Kier molecular flexibility index (Phi) is 13.0. The smallest absolute Gasteiger partial charge is 0.298 e. The average Bonchev–Trinajstić information content (AvgIpc) is 2.33. The number of carbonyl (C=O) groups is 1. The van der Waals surface area contributed by atoms with Gasteiger partial charge in [0.15, 0.2) is 0 Å². The van der Waals surface area contributed by atoms with Crippen LogP contribution in [-0.2, 0) is 14.6 Å². The Morgan fingerprint density at radius 1 is 0.824 bits per heavy atom. The fourth-order valence-electron chi connectivity index (χ4n) is 1.61. The summed E-state index contributed by atoms with van der Waals surface area (Å²) in [5.74, 6) is -0.227. The Bertz CT molecular complexity index is 169. The maximum absolute atomic E-state index is 11.2. The molecule has 0 spiro atoms. The molecule has 0 unspecified atom stereocenters. The van der Waals surface area contributed by atoms with E-state index in [2.05, 4.69) is 18.7 Å². The normalized spacial score (nSPS) is 10.5. The maximum Gasteiger partial charge on any atom is 0.342 e. The molecule has 3 nitrogen and oxygen atoms in total. The molecule has 0 aromatic heterocycles. The number of hydrogen-bond acceptors (Lipinski definition) is 3. The Hall–Kier alpha value is -0.570. The first-order chi connectivity index (χ1) is 8.31. The molecule has 0 saturated heterocycles. The second-order valence-corrected chi connectivity index (χ2v) is 4.50. The lowest BCUT2D eigenvalue weighted by atomic mass is 10.2. The minimum absolute atomic E-state index is 0.227. The van der Waals surface area contributed by atoms with Crippen LogP contribution < -0.4 is 0 Å². The molecule has 0 atom stereocenters. The highest BCUT2D eigenvalue weighted by molar-refractivity contribution is 5.68. The van der Waals surface area contributed by atoms with Crippen LogP contribution in [0.4, 0.5) is 0 Å². The Morgan fingerprint density at radius 2 is 1.41 bits per heavy atom. The molecule has 0 amide bonds. The first kappa shape index (κ1) is 16.4. The highest BCUT2D eigenvalue weighted by Crippen LogP contribution is 2.05. The Balaban J connectivity index is 3.11.